The normalized spacial score (nSPS) is 11.1. The summed E-state index contributed by atoms with van der Waals surface area (Å²) in [4.78, 5) is 31.4. The van der Waals surface area contributed by atoms with Crippen molar-refractivity contribution in [1.29, 1.82) is 0 Å². The highest BCUT2D eigenvalue weighted by Crippen LogP contribution is 2.36. The van der Waals surface area contributed by atoms with Gasteiger partial charge in [0.05, 0.1) is 5.56 Å². The van der Waals surface area contributed by atoms with Gasteiger partial charge in [0.1, 0.15) is 23.0 Å². The number of H-pyrrole nitrogens is 1. The van der Waals surface area contributed by atoms with Crippen LogP contribution in [0.3, 0.4) is 0 Å². The van der Waals surface area contributed by atoms with Crippen molar-refractivity contribution in [2.75, 3.05) is 7.05 Å². The van der Waals surface area contributed by atoms with Crippen LogP contribution in [-0.2, 0) is 0 Å². The number of nitrogens with zero attached hydrogens (tertiary/aromatic N) is 1. The van der Waals surface area contributed by atoms with Crippen molar-refractivity contribution in [3.05, 3.63) is 89.5 Å². The molecule has 1 amide bonds. The molecule has 2 heterocycles. The lowest BCUT2D eigenvalue weighted by atomic mass is 9.99. The van der Waals surface area contributed by atoms with Crippen LogP contribution in [0.25, 0.3) is 44.8 Å². The number of aryl methyl sites for hydroxylation is 1. The molecule has 3 N–H and O–H groups in total. The van der Waals surface area contributed by atoms with Gasteiger partial charge in [0, 0.05) is 29.3 Å². The zero-order valence-corrected chi connectivity index (χ0v) is 18.8. The first-order valence-electron chi connectivity index (χ1n) is 10.8. The van der Waals surface area contributed by atoms with Crippen molar-refractivity contribution in [2.24, 2.45) is 0 Å². The third-order valence-electron chi connectivity index (χ3n) is 5.81. The molecule has 0 saturated heterocycles. The van der Waals surface area contributed by atoms with Crippen molar-refractivity contribution >= 4 is 22.8 Å². The van der Waals surface area contributed by atoms with E-state index in [1.807, 2.05) is 36.4 Å². The van der Waals surface area contributed by atoms with Crippen molar-refractivity contribution in [2.45, 2.75) is 6.92 Å². The minimum Gasteiger partial charge on any atom is -0.476 e. The van der Waals surface area contributed by atoms with E-state index in [1.165, 1.54) is 12.1 Å². The van der Waals surface area contributed by atoms with E-state index in [2.05, 4.69) is 15.3 Å². The number of hydrogen-bond donors (Lipinski definition) is 3. The second-order valence-electron chi connectivity index (χ2n) is 8.05. The van der Waals surface area contributed by atoms with E-state index in [9.17, 15) is 19.1 Å². The molecule has 0 atom stereocenters. The second kappa shape index (κ2) is 8.57. The first-order chi connectivity index (χ1) is 16.9. The van der Waals surface area contributed by atoms with Crippen LogP contribution < -0.4 is 5.32 Å². The van der Waals surface area contributed by atoms with Crippen molar-refractivity contribution in [3.8, 4) is 33.8 Å². The fraction of sp³-hybridized carbons (Fsp3) is 0.0741. The first kappa shape index (κ1) is 22.1. The molecule has 7 nitrogen and oxygen atoms in total. The van der Waals surface area contributed by atoms with Crippen molar-refractivity contribution < 1.29 is 23.5 Å². The molecule has 5 aromatic rings. The quantitative estimate of drug-likeness (QED) is 0.308. The predicted molar refractivity (Wildman–Crippen MR) is 130 cm³/mol. The number of benzene rings is 3. The highest BCUT2D eigenvalue weighted by molar-refractivity contribution is 6.11. The minimum absolute atomic E-state index is 0.0197. The standard InChI is InChI=1S/C27H20FN3O4/c1-14-23(27(33)34)31-25(30-14)18-5-3-4-16(12-18)17-8-11-21-20(13-17)22(26(32)29-2)24(35-21)15-6-9-19(28)10-7-15/h3-13H,1-2H3,(H,29,32)(H,30,31)(H,33,34). The minimum atomic E-state index is -1.09. The number of carbonyl (C=O) groups excluding carboxylic acids is 1. The van der Waals surface area contributed by atoms with E-state index in [4.69, 9.17) is 4.42 Å². The van der Waals surface area contributed by atoms with Gasteiger partial charge in [-0.1, -0.05) is 24.3 Å². The number of nitrogens with one attached hydrogen (secondary N) is 2. The lowest BCUT2D eigenvalue weighted by Gasteiger charge is -2.05. The summed E-state index contributed by atoms with van der Waals surface area (Å²) in [5.74, 6) is -0.976. The van der Waals surface area contributed by atoms with Gasteiger partial charge < -0.3 is 19.8 Å². The molecule has 0 spiro atoms. The largest absolute Gasteiger partial charge is 0.476 e. The lowest BCUT2D eigenvalue weighted by Crippen LogP contribution is -2.18. The number of aromatic carboxylic acids is 1. The number of carbonyl (C=O) groups is 2. The van der Waals surface area contributed by atoms with Crippen LogP contribution in [0.15, 0.2) is 71.1 Å². The number of imidazole rings is 1. The van der Waals surface area contributed by atoms with E-state index >= 15 is 0 Å². The summed E-state index contributed by atoms with van der Waals surface area (Å²) < 4.78 is 19.5. The van der Waals surface area contributed by atoms with Crippen LogP contribution in [0.2, 0.25) is 0 Å². The second-order valence-corrected chi connectivity index (χ2v) is 8.05. The molecule has 3 aromatic carbocycles. The van der Waals surface area contributed by atoms with Crippen molar-refractivity contribution in [1.82, 2.24) is 15.3 Å². The Balaban J connectivity index is 1.63. The molecule has 0 fully saturated rings. The van der Waals surface area contributed by atoms with Crippen LogP contribution in [0, 0.1) is 12.7 Å². The number of furan rings is 1. The van der Waals surface area contributed by atoms with Gasteiger partial charge in [-0.2, -0.15) is 0 Å². The molecular formula is C27H20FN3O4. The van der Waals surface area contributed by atoms with Gasteiger partial charge in [0.15, 0.2) is 5.69 Å². The summed E-state index contributed by atoms with van der Waals surface area (Å²) in [5.41, 5.74) is 4.34. The number of halogens is 1. The zero-order valence-electron chi connectivity index (χ0n) is 18.8. The number of carboxylic acids is 1. The topological polar surface area (TPSA) is 108 Å². The highest BCUT2D eigenvalue weighted by atomic mass is 19.1. The average molecular weight is 469 g/mol. The molecule has 0 aliphatic rings. The molecule has 0 radical (unpaired) electrons. The van der Waals surface area contributed by atoms with Crippen LogP contribution in [0.4, 0.5) is 4.39 Å². The van der Waals surface area contributed by atoms with Gasteiger partial charge in [0.25, 0.3) is 5.91 Å². The molecule has 35 heavy (non-hydrogen) atoms. The first-order valence-corrected chi connectivity index (χ1v) is 10.8. The molecule has 2 aromatic heterocycles. The molecule has 0 bridgehead atoms. The maximum Gasteiger partial charge on any atom is 0.356 e. The zero-order chi connectivity index (χ0) is 24.7. The maximum atomic E-state index is 13.4. The van der Waals surface area contributed by atoms with Gasteiger partial charge in [-0.05, 0) is 60.5 Å². The van der Waals surface area contributed by atoms with Gasteiger partial charge in [-0.25, -0.2) is 14.2 Å². The van der Waals surface area contributed by atoms with Gasteiger partial charge in [-0.3, -0.25) is 4.79 Å². The molecule has 5 rings (SSSR count). The number of rotatable bonds is 5. The Labute approximate surface area is 199 Å². The van der Waals surface area contributed by atoms with Crippen LogP contribution in [0.1, 0.15) is 26.5 Å². The third kappa shape index (κ3) is 3.95. The fourth-order valence-corrected chi connectivity index (χ4v) is 4.08. The molecule has 0 aliphatic heterocycles. The molecule has 174 valence electrons. The Kier molecular flexibility index (Phi) is 5.41. The Hall–Kier alpha value is -4.72. The van der Waals surface area contributed by atoms with E-state index in [1.54, 1.807) is 32.2 Å². The summed E-state index contributed by atoms with van der Waals surface area (Å²) in [6, 6.07) is 18.8. The SMILES string of the molecule is CNC(=O)c1c(-c2ccc(F)cc2)oc2ccc(-c3cccc(-c4nc(C(=O)O)c(C)[nH]4)c3)cc12. The maximum absolute atomic E-state index is 13.4. The lowest BCUT2D eigenvalue weighted by molar-refractivity contribution is 0.0690. The Bertz CT molecular complexity index is 1600. The molecular weight excluding hydrogens is 449 g/mol. The Morgan fingerprint density at radius 2 is 1.66 bits per heavy atom. The molecule has 0 saturated carbocycles. The van der Waals surface area contributed by atoms with Gasteiger partial charge in [-0.15, -0.1) is 0 Å². The number of aromatic amines is 1. The number of aromatic nitrogens is 2. The summed E-state index contributed by atoms with van der Waals surface area (Å²) >= 11 is 0. The number of fused-ring (bicyclic) bond motifs is 1. The Morgan fingerprint density at radius 3 is 2.34 bits per heavy atom. The van der Waals surface area contributed by atoms with Crippen LogP contribution in [0.5, 0.6) is 0 Å². The van der Waals surface area contributed by atoms with E-state index in [0.717, 1.165) is 16.7 Å². The van der Waals surface area contributed by atoms with Gasteiger partial charge >= 0.3 is 5.97 Å². The summed E-state index contributed by atoms with van der Waals surface area (Å²) in [6.07, 6.45) is 0. The van der Waals surface area contributed by atoms with E-state index in [-0.39, 0.29) is 17.4 Å². The van der Waals surface area contributed by atoms with Gasteiger partial charge in [0.2, 0.25) is 0 Å². The number of carboxylic acid groups (broad SMARTS) is 1. The molecule has 0 aliphatic carbocycles. The smallest absolute Gasteiger partial charge is 0.356 e. The highest BCUT2D eigenvalue weighted by Gasteiger charge is 2.22. The molecule has 8 heteroatoms. The summed E-state index contributed by atoms with van der Waals surface area (Å²) in [5, 5.41) is 12.6. The van der Waals surface area contributed by atoms with Crippen molar-refractivity contribution in [3.63, 3.8) is 0 Å². The monoisotopic (exact) mass is 469 g/mol. The van der Waals surface area contributed by atoms with Crippen LogP contribution >= 0.6 is 0 Å². The van der Waals surface area contributed by atoms with E-state index < -0.39 is 5.97 Å². The number of hydrogen-bond acceptors (Lipinski definition) is 4. The third-order valence-corrected chi connectivity index (χ3v) is 5.81. The average Bonchev–Trinajstić information content (AvgIpc) is 3.44. The predicted octanol–water partition coefficient (Wildman–Crippen LogP) is 5.66. The molecule has 0 unspecified atom stereocenters. The summed E-state index contributed by atoms with van der Waals surface area (Å²) in [7, 11) is 1.54. The summed E-state index contributed by atoms with van der Waals surface area (Å²) in [6.45, 7) is 1.66. The van der Waals surface area contributed by atoms with E-state index in [0.29, 0.717) is 39.4 Å². The fourth-order valence-electron chi connectivity index (χ4n) is 4.08. The Morgan fingerprint density at radius 1 is 0.971 bits per heavy atom. The van der Waals surface area contributed by atoms with Crippen LogP contribution in [-0.4, -0.2) is 34.0 Å². The number of amides is 1.